The zero-order valence-corrected chi connectivity index (χ0v) is 15.7. The molecule has 0 aromatic heterocycles. The van der Waals surface area contributed by atoms with Gasteiger partial charge in [-0.25, -0.2) is 0 Å². The number of nitro groups is 1. The lowest BCUT2D eigenvalue weighted by molar-refractivity contribution is -0.385. The monoisotopic (exact) mass is 366 g/mol. The molecule has 0 saturated heterocycles. The van der Waals surface area contributed by atoms with Crippen LogP contribution in [-0.2, 0) is 9.53 Å². The summed E-state index contributed by atoms with van der Waals surface area (Å²) < 4.78 is 9.86. The van der Waals surface area contributed by atoms with Gasteiger partial charge in [0.25, 0.3) is 5.91 Å². The Morgan fingerprint density at radius 2 is 1.96 bits per heavy atom. The summed E-state index contributed by atoms with van der Waals surface area (Å²) in [4.78, 5) is 36.5. The molecule has 1 amide bonds. The number of amides is 1. The fraction of sp³-hybridized carbons (Fsp3) is 0.556. The van der Waals surface area contributed by atoms with Crippen molar-refractivity contribution < 1.29 is 24.0 Å². The Morgan fingerprint density at radius 1 is 1.27 bits per heavy atom. The molecule has 1 rings (SSSR count). The zero-order valence-electron chi connectivity index (χ0n) is 15.7. The minimum atomic E-state index is -0.591. The van der Waals surface area contributed by atoms with E-state index in [0.717, 1.165) is 6.42 Å². The predicted molar refractivity (Wildman–Crippen MR) is 96.3 cm³/mol. The van der Waals surface area contributed by atoms with Gasteiger partial charge in [0.2, 0.25) is 0 Å². The third-order valence-corrected chi connectivity index (χ3v) is 3.78. The van der Waals surface area contributed by atoms with E-state index in [1.807, 2.05) is 13.8 Å². The minimum absolute atomic E-state index is 0.0793. The number of rotatable bonds is 10. The highest BCUT2D eigenvalue weighted by Crippen LogP contribution is 2.28. The summed E-state index contributed by atoms with van der Waals surface area (Å²) in [7, 11) is 1.33. The predicted octanol–water partition coefficient (Wildman–Crippen LogP) is 3.04. The smallest absolute Gasteiger partial charge is 0.311 e. The van der Waals surface area contributed by atoms with Gasteiger partial charge in [0, 0.05) is 24.7 Å². The number of benzene rings is 1. The van der Waals surface area contributed by atoms with Gasteiger partial charge in [0.05, 0.1) is 25.1 Å². The number of carbonyl (C=O) groups excluding carboxylic acids is 2. The molecule has 0 spiro atoms. The molecular weight excluding hydrogens is 340 g/mol. The van der Waals surface area contributed by atoms with Crippen LogP contribution in [0.25, 0.3) is 0 Å². The first-order valence-electron chi connectivity index (χ1n) is 8.57. The van der Waals surface area contributed by atoms with Crippen molar-refractivity contribution >= 4 is 17.6 Å². The lowest BCUT2D eigenvalue weighted by atomic mass is 10.1. The SMILES string of the molecule is CCOC(=O)CCN(CCC(C)C)C(=O)c1ccc(OC)c([N+](=O)[O-])c1. The second-order valence-corrected chi connectivity index (χ2v) is 6.17. The van der Waals surface area contributed by atoms with Gasteiger partial charge >= 0.3 is 11.7 Å². The van der Waals surface area contributed by atoms with E-state index in [2.05, 4.69) is 0 Å². The van der Waals surface area contributed by atoms with Crippen molar-refractivity contribution in [2.24, 2.45) is 5.92 Å². The molecule has 1 aromatic rings. The standard InChI is InChI=1S/C18H26N2O6/c1-5-26-17(21)9-11-19(10-8-13(2)3)18(22)14-6-7-16(25-4)15(12-14)20(23)24/h6-7,12-13H,5,8-11H2,1-4H3. The maximum atomic E-state index is 12.8. The normalized spacial score (nSPS) is 10.5. The first-order valence-corrected chi connectivity index (χ1v) is 8.57. The minimum Gasteiger partial charge on any atom is -0.490 e. The topological polar surface area (TPSA) is 99.0 Å². The number of esters is 1. The Hall–Kier alpha value is -2.64. The molecule has 0 bridgehead atoms. The van der Waals surface area contributed by atoms with Gasteiger partial charge in [0.1, 0.15) is 0 Å². The summed E-state index contributed by atoms with van der Waals surface area (Å²) in [5.41, 5.74) is -0.0855. The third-order valence-electron chi connectivity index (χ3n) is 3.78. The summed E-state index contributed by atoms with van der Waals surface area (Å²) in [6.45, 7) is 6.72. The second kappa shape index (κ2) is 10.4. The number of hydrogen-bond acceptors (Lipinski definition) is 6. The molecule has 0 unspecified atom stereocenters. The van der Waals surface area contributed by atoms with E-state index in [-0.39, 0.29) is 48.4 Å². The Morgan fingerprint density at radius 3 is 2.50 bits per heavy atom. The number of carbonyl (C=O) groups is 2. The fourth-order valence-corrected chi connectivity index (χ4v) is 2.34. The number of methoxy groups -OCH3 is 1. The van der Waals surface area contributed by atoms with Crippen LogP contribution in [0.5, 0.6) is 5.75 Å². The van der Waals surface area contributed by atoms with Crippen molar-refractivity contribution in [1.82, 2.24) is 4.90 Å². The zero-order chi connectivity index (χ0) is 19.7. The molecule has 0 radical (unpaired) electrons. The van der Waals surface area contributed by atoms with Crippen LogP contribution in [-0.4, -0.2) is 48.5 Å². The van der Waals surface area contributed by atoms with Crippen LogP contribution in [0.2, 0.25) is 0 Å². The number of nitro benzene ring substituents is 1. The van der Waals surface area contributed by atoms with Gasteiger partial charge in [-0.05, 0) is 31.4 Å². The fourth-order valence-electron chi connectivity index (χ4n) is 2.34. The lowest BCUT2D eigenvalue weighted by Gasteiger charge is -2.23. The third kappa shape index (κ3) is 6.34. The van der Waals surface area contributed by atoms with Crippen LogP contribution in [0.15, 0.2) is 18.2 Å². The first-order chi connectivity index (χ1) is 12.3. The van der Waals surface area contributed by atoms with Crippen LogP contribution >= 0.6 is 0 Å². The van der Waals surface area contributed by atoms with Gasteiger partial charge in [-0.2, -0.15) is 0 Å². The highest BCUT2D eigenvalue weighted by atomic mass is 16.6. The average Bonchev–Trinajstić information content (AvgIpc) is 2.60. The largest absolute Gasteiger partial charge is 0.490 e. The highest BCUT2D eigenvalue weighted by Gasteiger charge is 2.22. The molecule has 8 nitrogen and oxygen atoms in total. The van der Waals surface area contributed by atoms with E-state index in [9.17, 15) is 19.7 Å². The molecule has 0 aliphatic carbocycles. The van der Waals surface area contributed by atoms with Gasteiger partial charge in [0.15, 0.2) is 5.75 Å². The van der Waals surface area contributed by atoms with E-state index < -0.39 is 4.92 Å². The lowest BCUT2D eigenvalue weighted by Crippen LogP contribution is -2.34. The Bertz CT molecular complexity index is 645. The molecule has 0 fully saturated rings. The summed E-state index contributed by atoms with van der Waals surface area (Å²) in [5, 5.41) is 11.2. The van der Waals surface area contributed by atoms with E-state index in [4.69, 9.17) is 9.47 Å². The number of nitrogens with zero attached hydrogens (tertiary/aromatic N) is 2. The molecule has 0 aliphatic heterocycles. The maximum Gasteiger partial charge on any atom is 0.311 e. The molecule has 144 valence electrons. The molecular formula is C18H26N2O6. The van der Waals surface area contributed by atoms with Gasteiger partial charge in [-0.15, -0.1) is 0 Å². The van der Waals surface area contributed by atoms with E-state index in [1.54, 1.807) is 6.92 Å². The van der Waals surface area contributed by atoms with Crippen LogP contribution in [0.3, 0.4) is 0 Å². The Labute approximate surface area is 153 Å². The van der Waals surface area contributed by atoms with Crippen molar-refractivity contribution in [2.45, 2.75) is 33.6 Å². The Kier molecular flexibility index (Phi) is 8.54. The van der Waals surface area contributed by atoms with Gasteiger partial charge < -0.3 is 14.4 Å². The van der Waals surface area contributed by atoms with Crippen LogP contribution in [0.1, 0.15) is 44.0 Å². The Balaban J connectivity index is 3.00. The molecule has 26 heavy (non-hydrogen) atoms. The highest BCUT2D eigenvalue weighted by molar-refractivity contribution is 5.95. The van der Waals surface area contributed by atoms with E-state index in [1.165, 1.54) is 30.2 Å². The molecule has 8 heteroatoms. The molecule has 0 saturated carbocycles. The van der Waals surface area contributed by atoms with Gasteiger partial charge in [-0.1, -0.05) is 13.8 Å². The van der Waals surface area contributed by atoms with Crippen molar-refractivity contribution in [3.05, 3.63) is 33.9 Å². The summed E-state index contributed by atoms with van der Waals surface area (Å²) in [6.07, 6.45) is 0.836. The van der Waals surface area contributed by atoms with Crippen molar-refractivity contribution in [2.75, 3.05) is 26.8 Å². The second-order valence-electron chi connectivity index (χ2n) is 6.17. The molecule has 1 aromatic carbocycles. The van der Waals surface area contributed by atoms with E-state index >= 15 is 0 Å². The molecule has 0 atom stereocenters. The van der Waals surface area contributed by atoms with Gasteiger partial charge in [-0.3, -0.25) is 19.7 Å². The first kappa shape index (κ1) is 21.4. The van der Waals surface area contributed by atoms with Crippen molar-refractivity contribution in [1.29, 1.82) is 0 Å². The van der Waals surface area contributed by atoms with Crippen LogP contribution < -0.4 is 4.74 Å². The molecule has 0 heterocycles. The maximum absolute atomic E-state index is 12.8. The van der Waals surface area contributed by atoms with Crippen LogP contribution in [0.4, 0.5) is 5.69 Å². The summed E-state index contributed by atoms with van der Waals surface area (Å²) >= 11 is 0. The quantitative estimate of drug-likeness (QED) is 0.358. The van der Waals surface area contributed by atoms with Crippen molar-refractivity contribution in [3.8, 4) is 5.75 Å². The number of hydrogen-bond donors (Lipinski definition) is 0. The summed E-state index contributed by atoms with van der Waals surface area (Å²) in [5.74, 6) is -0.277. The summed E-state index contributed by atoms with van der Waals surface area (Å²) in [6, 6.07) is 4.09. The number of ether oxygens (including phenoxy) is 2. The van der Waals surface area contributed by atoms with Crippen molar-refractivity contribution in [3.63, 3.8) is 0 Å². The average molecular weight is 366 g/mol. The molecule has 0 aliphatic rings. The van der Waals surface area contributed by atoms with Crippen LogP contribution in [0, 0.1) is 16.0 Å². The van der Waals surface area contributed by atoms with E-state index in [0.29, 0.717) is 12.5 Å². The molecule has 0 N–H and O–H groups in total.